The third kappa shape index (κ3) is 5.17. The minimum Gasteiger partial charge on any atom is -0.443 e. The summed E-state index contributed by atoms with van der Waals surface area (Å²) >= 11 is 0. The van der Waals surface area contributed by atoms with Crippen LogP contribution in [0.4, 0.5) is 4.79 Å². The normalized spacial score (nSPS) is 13.9. The highest BCUT2D eigenvalue weighted by molar-refractivity contribution is 6.06. The maximum Gasteiger partial charge on any atom is 0.417 e. The smallest absolute Gasteiger partial charge is 0.417 e. The van der Waals surface area contributed by atoms with Crippen molar-refractivity contribution in [3.63, 3.8) is 0 Å². The van der Waals surface area contributed by atoms with Gasteiger partial charge in [-0.3, -0.25) is 9.78 Å². The monoisotopic (exact) mass is 381 g/mol. The summed E-state index contributed by atoms with van der Waals surface area (Å²) in [6.45, 7) is 14.7. The molecule has 1 aromatic heterocycles. The molecule has 2 amide bonds. The van der Waals surface area contributed by atoms with E-state index in [1.165, 1.54) is 6.08 Å². The van der Waals surface area contributed by atoms with Gasteiger partial charge >= 0.3 is 6.09 Å². The Labute approximate surface area is 166 Å². The van der Waals surface area contributed by atoms with E-state index in [1.807, 2.05) is 20.8 Å². The average Bonchev–Trinajstić information content (AvgIpc) is 2.98. The number of rotatable bonds is 3. The predicted octanol–water partition coefficient (Wildman–Crippen LogP) is 5.04. The van der Waals surface area contributed by atoms with Gasteiger partial charge in [0.25, 0.3) is 5.91 Å². The van der Waals surface area contributed by atoms with Crippen LogP contribution in [-0.4, -0.2) is 27.5 Å². The minimum atomic E-state index is -0.699. The molecule has 0 aliphatic carbocycles. The number of hydrogen-bond acceptors (Lipinski definition) is 5. The van der Waals surface area contributed by atoms with Crippen LogP contribution in [0.15, 0.2) is 42.5 Å². The van der Waals surface area contributed by atoms with E-state index >= 15 is 0 Å². The molecular formula is C22H27N3O3. The Morgan fingerprint density at radius 1 is 1.36 bits per heavy atom. The molecule has 0 saturated heterocycles. The van der Waals surface area contributed by atoms with Crippen LogP contribution in [0.5, 0.6) is 0 Å². The Morgan fingerprint density at radius 3 is 2.50 bits per heavy atom. The fourth-order valence-electron chi connectivity index (χ4n) is 2.49. The second-order valence-electron chi connectivity index (χ2n) is 6.71. The zero-order valence-electron chi connectivity index (χ0n) is 17.4. The molecule has 1 aromatic rings. The number of nitrogens with zero attached hydrogens (tertiary/aromatic N) is 3. The van der Waals surface area contributed by atoms with Gasteiger partial charge in [-0.25, -0.2) is 9.69 Å². The molecule has 148 valence electrons. The van der Waals surface area contributed by atoms with Crippen molar-refractivity contribution in [3.8, 4) is 6.07 Å². The number of imide groups is 1. The topological polar surface area (TPSA) is 83.3 Å². The number of allylic oxidation sites excluding steroid dienone is 5. The van der Waals surface area contributed by atoms with E-state index < -0.39 is 17.6 Å². The van der Waals surface area contributed by atoms with Gasteiger partial charge in [-0.2, -0.15) is 5.26 Å². The van der Waals surface area contributed by atoms with Gasteiger partial charge in [0.1, 0.15) is 5.60 Å². The lowest BCUT2D eigenvalue weighted by atomic mass is 10.0. The van der Waals surface area contributed by atoms with Crippen LogP contribution < -0.4 is 0 Å². The van der Waals surface area contributed by atoms with Crippen LogP contribution >= 0.6 is 0 Å². The Balaban J connectivity index is 0.00000190. The zero-order valence-corrected chi connectivity index (χ0v) is 17.4. The van der Waals surface area contributed by atoms with E-state index in [-0.39, 0.29) is 6.54 Å². The van der Waals surface area contributed by atoms with E-state index in [2.05, 4.69) is 17.6 Å². The van der Waals surface area contributed by atoms with Crippen molar-refractivity contribution in [3.05, 3.63) is 59.5 Å². The number of nitriles is 1. The van der Waals surface area contributed by atoms with Crippen molar-refractivity contribution in [1.82, 2.24) is 9.88 Å². The van der Waals surface area contributed by atoms with Crippen LogP contribution in [0.2, 0.25) is 0 Å². The van der Waals surface area contributed by atoms with E-state index in [0.717, 1.165) is 4.90 Å². The fraction of sp³-hybridized carbons (Fsp3) is 0.364. The first kappa shape index (κ1) is 22.8. The average molecular weight is 381 g/mol. The van der Waals surface area contributed by atoms with Crippen LogP contribution in [0.3, 0.4) is 0 Å². The van der Waals surface area contributed by atoms with Crippen LogP contribution in [0.25, 0.3) is 5.57 Å². The molecule has 0 fully saturated rings. The number of hydrogen-bond donors (Lipinski definition) is 0. The van der Waals surface area contributed by atoms with Crippen LogP contribution in [0.1, 0.15) is 63.3 Å². The first-order valence-electron chi connectivity index (χ1n) is 9.16. The molecule has 0 radical (unpaired) electrons. The number of pyridine rings is 1. The molecule has 1 aliphatic rings. The summed E-state index contributed by atoms with van der Waals surface area (Å²) < 4.78 is 5.27. The Morgan fingerprint density at radius 2 is 2.00 bits per heavy atom. The summed E-state index contributed by atoms with van der Waals surface area (Å²) in [7, 11) is 0. The van der Waals surface area contributed by atoms with E-state index in [0.29, 0.717) is 28.1 Å². The maximum absolute atomic E-state index is 12.5. The van der Waals surface area contributed by atoms with Crippen molar-refractivity contribution >= 4 is 17.6 Å². The number of ether oxygens (including phenoxy) is 1. The lowest BCUT2D eigenvalue weighted by Gasteiger charge is -2.23. The molecule has 0 atom stereocenters. The molecule has 0 N–H and O–H groups in total. The lowest BCUT2D eigenvalue weighted by molar-refractivity contribution is 0.0247. The Bertz CT molecular complexity index is 868. The highest BCUT2D eigenvalue weighted by atomic mass is 16.6. The molecule has 1 aliphatic heterocycles. The molecule has 0 unspecified atom stereocenters. The summed E-state index contributed by atoms with van der Waals surface area (Å²) in [5.41, 5.74) is 1.66. The van der Waals surface area contributed by atoms with Gasteiger partial charge in [-0.15, -0.1) is 0 Å². The SMILES string of the molecule is C=C/C(C#N)=C(\C=C/C)c1ccc2c(n1)CN(C(=O)OC(C)(C)C)C2=O.CC. The predicted molar refractivity (Wildman–Crippen MR) is 109 cm³/mol. The number of aromatic nitrogens is 1. The fourth-order valence-corrected chi connectivity index (χ4v) is 2.49. The highest BCUT2D eigenvalue weighted by Gasteiger charge is 2.36. The number of amides is 2. The molecule has 2 rings (SSSR count). The van der Waals surface area contributed by atoms with Gasteiger partial charge in [0.2, 0.25) is 0 Å². The van der Waals surface area contributed by atoms with Crippen molar-refractivity contribution in [1.29, 1.82) is 5.26 Å². The molecule has 0 saturated carbocycles. The Hall–Kier alpha value is -3.20. The quantitative estimate of drug-likeness (QED) is 0.541. The summed E-state index contributed by atoms with van der Waals surface area (Å²) in [5, 5.41) is 9.28. The number of fused-ring (bicyclic) bond motifs is 1. The summed E-state index contributed by atoms with van der Waals surface area (Å²) in [4.78, 5) is 30.2. The first-order valence-corrected chi connectivity index (χ1v) is 9.16. The van der Waals surface area contributed by atoms with Gasteiger partial charge in [0, 0.05) is 5.57 Å². The standard InChI is InChI=1S/C20H21N3O3.C2H6/c1-6-8-14(13(7-2)11-21)16-10-9-15-17(22-16)12-23(18(15)24)19(25)26-20(3,4)5;1-2/h6-10H,2,12H2,1,3-5H3;1-2H3/b8-6-,14-13-;. The minimum absolute atomic E-state index is 0.0377. The molecule has 6 heteroatoms. The number of carbonyl (C=O) groups is 2. The maximum atomic E-state index is 12.5. The van der Waals surface area contributed by atoms with E-state index in [9.17, 15) is 14.9 Å². The van der Waals surface area contributed by atoms with Gasteiger partial charge in [-0.1, -0.05) is 38.7 Å². The van der Waals surface area contributed by atoms with E-state index in [1.54, 1.807) is 45.1 Å². The molecule has 0 spiro atoms. The second-order valence-corrected chi connectivity index (χ2v) is 6.71. The highest BCUT2D eigenvalue weighted by Crippen LogP contribution is 2.27. The van der Waals surface area contributed by atoms with Gasteiger partial charge < -0.3 is 4.74 Å². The Kier molecular flexibility index (Phi) is 7.87. The van der Waals surface area contributed by atoms with Gasteiger partial charge in [0.15, 0.2) is 0 Å². The van der Waals surface area contributed by atoms with E-state index in [4.69, 9.17) is 4.74 Å². The zero-order chi connectivity index (χ0) is 21.5. The van der Waals surface area contributed by atoms with Crippen LogP contribution in [-0.2, 0) is 11.3 Å². The van der Waals surface area contributed by atoms with Crippen molar-refractivity contribution in [2.45, 2.75) is 53.7 Å². The summed E-state index contributed by atoms with van der Waals surface area (Å²) in [5.74, 6) is -0.436. The lowest BCUT2D eigenvalue weighted by Crippen LogP contribution is -2.36. The third-order valence-electron chi connectivity index (χ3n) is 3.60. The van der Waals surface area contributed by atoms with Crippen LogP contribution in [0, 0.1) is 11.3 Å². The van der Waals surface area contributed by atoms with Gasteiger partial charge in [0.05, 0.1) is 35.1 Å². The summed E-state index contributed by atoms with van der Waals surface area (Å²) in [6, 6.07) is 5.36. The number of carbonyl (C=O) groups excluding carboxylic acids is 2. The first-order chi connectivity index (χ1) is 13.2. The molecule has 2 heterocycles. The molecule has 0 aromatic carbocycles. The molecular weight excluding hydrogens is 354 g/mol. The van der Waals surface area contributed by atoms with Crippen molar-refractivity contribution < 1.29 is 14.3 Å². The summed E-state index contributed by atoms with van der Waals surface area (Å²) in [6.07, 6.45) is 4.32. The second kappa shape index (κ2) is 9.65. The van der Waals surface area contributed by atoms with Crippen molar-refractivity contribution in [2.75, 3.05) is 0 Å². The molecule has 6 nitrogen and oxygen atoms in total. The largest absolute Gasteiger partial charge is 0.443 e. The molecule has 0 bridgehead atoms. The van der Waals surface area contributed by atoms with Crippen molar-refractivity contribution in [2.24, 2.45) is 0 Å². The third-order valence-corrected chi connectivity index (χ3v) is 3.60. The molecule has 28 heavy (non-hydrogen) atoms. The van der Waals surface area contributed by atoms with Gasteiger partial charge in [-0.05, 0) is 39.8 Å².